The molecule has 0 spiro atoms. The molecule has 1 aromatic rings. The second-order valence-corrected chi connectivity index (χ2v) is 7.33. The van der Waals surface area contributed by atoms with E-state index < -0.39 is 6.09 Å². The summed E-state index contributed by atoms with van der Waals surface area (Å²) < 4.78 is 12.5. The van der Waals surface area contributed by atoms with E-state index in [1.54, 1.807) is 16.6 Å². The number of carbonyl (C=O) groups excluding carboxylic acids is 2. The van der Waals surface area contributed by atoms with Crippen molar-refractivity contribution in [3.63, 3.8) is 0 Å². The van der Waals surface area contributed by atoms with E-state index in [4.69, 9.17) is 9.47 Å². The molecule has 1 aliphatic heterocycles. The van der Waals surface area contributed by atoms with Crippen molar-refractivity contribution in [3.8, 4) is 0 Å². The predicted octanol–water partition coefficient (Wildman–Crippen LogP) is 0.501. The third-order valence-corrected chi connectivity index (χ3v) is 4.99. The van der Waals surface area contributed by atoms with Gasteiger partial charge in [-0.15, -0.1) is 5.10 Å². The number of methoxy groups -OCH3 is 1. The third kappa shape index (κ3) is 5.90. The highest BCUT2D eigenvalue weighted by molar-refractivity contribution is 5.76. The largest absolute Gasteiger partial charge is 0.453 e. The van der Waals surface area contributed by atoms with Gasteiger partial charge in [-0.25, -0.2) is 4.79 Å². The van der Waals surface area contributed by atoms with Gasteiger partial charge in [-0.2, -0.15) is 0 Å². The molecule has 1 aromatic heterocycles. The SMILES string of the molecule is COC(=O)N(C)C[C@@H]1OCc2cn(nn2)CCCC(=O)N([C@H](C)CO)C[C@@H]1C. The maximum atomic E-state index is 12.8. The summed E-state index contributed by atoms with van der Waals surface area (Å²) >= 11 is 0. The van der Waals surface area contributed by atoms with Gasteiger partial charge in [-0.3, -0.25) is 9.48 Å². The summed E-state index contributed by atoms with van der Waals surface area (Å²) in [5.74, 6) is -0.103. The molecule has 2 rings (SSSR count). The second kappa shape index (κ2) is 10.4. The zero-order chi connectivity index (χ0) is 20.7. The number of fused-ring (bicyclic) bond motifs is 2. The number of likely N-dealkylation sites (N-methyl/N-ethyl adjacent to an activating group) is 1. The first kappa shape index (κ1) is 22.1. The second-order valence-electron chi connectivity index (χ2n) is 7.33. The minimum absolute atomic E-state index is 0.0203. The molecule has 0 aromatic carbocycles. The van der Waals surface area contributed by atoms with Crippen molar-refractivity contribution >= 4 is 12.0 Å². The lowest BCUT2D eigenvalue weighted by Gasteiger charge is -2.34. The molecule has 1 aliphatic rings. The topological polar surface area (TPSA) is 110 Å². The van der Waals surface area contributed by atoms with Crippen LogP contribution in [0, 0.1) is 5.92 Å². The smallest absolute Gasteiger partial charge is 0.409 e. The van der Waals surface area contributed by atoms with Gasteiger partial charge in [-0.05, 0) is 13.3 Å². The molecule has 1 N–H and O–H groups in total. The lowest BCUT2D eigenvalue weighted by Crippen LogP contribution is -2.47. The quantitative estimate of drug-likeness (QED) is 0.788. The molecule has 2 amide bonds. The van der Waals surface area contributed by atoms with Crippen molar-refractivity contribution in [2.75, 3.05) is 33.9 Å². The van der Waals surface area contributed by atoms with E-state index in [0.717, 1.165) is 0 Å². The van der Waals surface area contributed by atoms with Gasteiger partial charge in [0.25, 0.3) is 0 Å². The normalized spacial score (nSPS) is 22.6. The Morgan fingerprint density at radius 1 is 1.54 bits per heavy atom. The first-order chi connectivity index (χ1) is 13.3. The molecule has 2 heterocycles. The lowest BCUT2D eigenvalue weighted by molar-refractivity contribution is -0.136. The number of carbonyl (C=O) groups is 2. The number of nitrogens with zero attached hydrogens (tertiary/aromatic N) is 5. The van der Waals surface area contributed by atoms with E-state index in [-0.39, 0.29) is 37.2 Å². The maximum absolute atomic E-state index is 12.8. The molecule has 3 atom stereocenters. The lowest BCUT2D eigenvalue weighted by atomic mass is 10.0. The molecule has 0 unspecified atom stereocenters. The molecule has 10 heteroatoms. The fourth-order valence-corrected chi connectivity index (χ4v) is 3.19. The Labute approximate surface area is 165 Å². The number of ether oxygens (including phenoxy) is 2. The first-order valence-corrected chi connectivity index (χ1v) is 9.55. The molecule has 0 radical (unpaired) electrons. The summed E-state index contributed by atoms with van der Waals surface area (Å²) in [7, 11) is 2.97. The van der Waals surface area contributed by atoms with Crippen molar-refractivity contribution in [2.45, 2.75) is 52.0 Å². The van der Waals surface area contributed by atoms with Gasteiger partial charge in [-0.1, -0.05) is 12.1 Å². The predicted molar refractivity (Wildman–Crippen MR) is 100 cm³/mol. The monoisotopic (exact) mass is 397 g/mol. The van der Waals surface area contributed by atoms with Crippen LogP contribution in [0.1, 0.15) is 32.4 Å². The van der Waals surface area contributed by atoms with E-state index in [1.165, 1.54) is 12.0 Å². The van der Waals surface area contributed by atoms with Gasteiger partial charge in [0.15, 0.2) is 0 Å². The molecule has 0 saturated heterocycles. The fraction of sp³-hybridized carbons (Fsp3) is 0.778. The van der Waals surface area contributed by atoms with Gasteiger partial charge in [0, 0.05) is 32.5 Å². The summed E-state index contributed by atoms with van der Waals surface area (Å²) in [4.78, 5) is 27.7. The molecule has 2 bridgehead atoms. The van der Waals surface area contributed by atoms with Crippen LogP contribution in [0.25, 0.3) is 0 Å². The molecule has 158 valence electrons. The van der Waals surface area contributed by atoms with Gasteiger partial charge >= 0.3 is 6.09 Å². The average Bonchev–Trinajstić information content (AvgIpc) is 3.14. The molecule has 0 aliphatic carbocycles. The molecule has 10 nitrogen and oxygen atoms in total. The molecular weight excluding hydrogens is 366 g/mol. The number of aromatic nitrogens is 3. The van der Waals surface area contributed by atoms with Crippen LogP contribution in [0.2, 0.25) is 0 Å². The maximum Gasteiger partial charge on any atom is 0.409 e. The summed E-state index contributed by atoms with van der Waals surface area (Å²) in [5, 5.41) is 17.8. The van der Waals surface area contributed by atoms with Crippen molar-refractivity contribution in [3.05, 3.63) is 11.9 Å². The highest BCUT2D eigenvalue weighted by Gasteiger charge is 2.28. The van der Waals surface area contributed by atoms with E-state index in [2.05, 4.69) is 10.3 Å². The zero-order valence-corrected chi connectivity index (χ0v) is 17.1. The Kier molecular flexibility index (Phi) is 8.18. The van der Waals surface area contributed by atoms with Crippen molar-refractivity contribution in [1.29, 1.82) is 0 Å². The Hall–Kier alpha value is -2.20. The van der Waals surface area contributed by atoms with Crippen LogP contribution in [0.4, 0.5) is 4.79 Å². The van der Waals surface area contributed by atoms with E-state index in [9.17, 15) is 14.7 Å². The van der Waals surface area contributed by atoms with Gasteiger partial charge < -0.3 is 24.4 Å². The van der Waals surface area contributed by atoms with Crippen LogP contribution in [0.15, 0.2) is 6.20 Å². The highest BCUT2D eigenvalue weighted by atomic mass is 16.5. The van der Waals surface area contributed by atoms with E-state index in [1.807, 2.05) is 20.0 Å². The molecular formula is C18H31N5O5. The number of hydrogen-bond acceptors (Lipinski definition) is 7. The van der Waals surface area contributed by atoms with E-state index in [0.29, 0.717) is 38.2 Å². The molecule has 28 heavy (non-hydrogen) atoms. The van der Waals surface area contributed by atoms with Gasteiger partial charge in [0.2, 0.25) is 5.91 Å². The highest BCUT2D eigenvalue weighted by Crippen LogP contribution is 2.17. The number of amides is 2. The van der Waals surface area contributed by atoms with Crippen LogP contribution in [-0.4, -0.2) is 87.9 Å². The first-order valence-electron chi connectivity index (χ1n) is 9.55. The van der Waals surface area contributed by atoms with Crippen molar-refractivity contribution in [2.24, 2.45) is 5.92 Å². The standard InChI is InChI=1S/C18H31N5O5/c1-13-8-23(14(2)11-24)17(25)6-5-7-22-9-15(19-20-22)12-28-16(13)10-21(3)18(26)27-4/h9,13-14,16,24H,5-8,10-12H2,1-4H3/t13-,14+,16-/m0/s1. The number of aliphatic hydroxyl groups is 1. The molecule has 0 saturated carbocycles. The van der Waals surface area contributed by atoms with E-state index >= 15 is 0 Å². The van der Waals surface area contributed by atoms with Crippen molar-refractivity contribution in [1.82, 2.24) is 24.8 Å². The summed E-state index contributed by atoms with van der Waals surface area (Å²) in [5.41, 5.74) is 0.698. The number of rotatable bonds is 4. The Balaban J connectivity index is 2.23. The number of hydrogen-bond donors (Lipinski definition) is 1. The third-order valence-electron chi connectivity index (χ3n) is 4.99. The number of aliphatic hydroxyl groups excluding tert-OH is 1. The summed E-state index contributed by atoms with van der Waals surface area (Å²) in [6, 6.07) is -0.295. The Bertz CT molecular complexity index is 652. The van der Waals surface area contributed by atoms with Gasteiger partial charge in [0.1, 0.15) is 5.69 Å². The minimum atomic E-state index is -0.457. The van der Waals surface area contributed by atoms with Crippen molar-refractivity contribution < 1.29 is 24.2 Å². The van der Waals surface area contributed by atoms with Crippen LogP contribution in [0.3, 0.4) is 0 Å². The van der Waals surface area contributed by atoms with Crippen LogP contribution >= 0.6 is 0 Å². The zero-order valence-electron chi connectivity index (χ0n) is 17.1. The van der Waals surface area contributed by atoms with Crippen LogP contribution in [-0.2, 0) is 27.4 Å². The Morgan fingerprint density at radius 2 is 2.29 bits per heavy atom. The Morgan fingerprint density at radius 3 is 2.96 bits per heavy atom. The van der Waals surface area contributed by atoms with Crippen LogP contribution < -0.4 is 0 Å². The average molecular weight is 397 g/mol. The summed E-state index contributed by atoms with van der Waals surface area (Å²) in [6.07, 6.45) is 2.00. The minimum Gasteiger partial charge on any atom is -0.453 e. The number of aryl methyl sites for hydroxylation is 1. The molecule has 0 fully saturated rings. The summed E-state index contributed by atoms with van der Waals surface area (Å²) in [6.45, 7) is 5.25. The fourth-order valence-electron chi connectivity index (χ4n) is 3.19. The van der Waals surface area contributed by atoms with Gasteiger partial charge in [0.05, 0.1) is 45.2 Å². The van der Waals surface area contributed by atoms with Crippen LogP contribution in [0.5, 0.6) is 0 Å².